The molecule has 0 spiro atoms. The van der Waals surface area contributed by atoms with Crippen molar-refractivity contribution in [3.05, 3.63) is 18.2 Å². The van der Waals surface area contributed by atoms with Gasteiger partial charge in [0.25, 0.3) is 0 Å². The Morgan fingerprint density at radius 2 is 2.18 bits per heavy atom. The van der Waals surface area contributed by atoms with Gasteiger partial charge in [-0.05, 0) is 42.2 Å². The molecule has 2 heterocycles. The molecule has 1 aromatic carbocycles. The Kier molecular flexibility index (Phi) is 3.61. The molecule has 0 amide bonds. The average molecular weight is 325 g/mol. The second-order valence-corrected chi connectivity index (χ2v) is 7.19. The topological polar surface area (TPSA) is 114 Å². The number of carbonyl (C=O) groups is 1. The van der Waals surface area contributed by atoms with Gasteiger partial charge in [0.1, 0.15) is 10.4 Å². The summed E-state index contributed by atoms with van der Waals surface area (Å²) in [5, 5.41) is 16.5. The van der Waals surface area contributed by atoms with Crippen LogP contribution in [0.15, 0.2) is 27.7 Å². The summed E-state index contributed by atoms with van der Waals surface area (Å²) in [6.07, 6.45) is 0.978. The van der Waals surface area contributed by atoms with Crippen molar-refractivity contribution < 1.29 is 22.9 Å². The molecule has 9 heteroatoms. The Morgan fingerprint density at radius 3 is 2.91 bits per heavy atom. The van der Waals surface area contributed by atoms with Gasteiger partial charge in [-0.1, -0.05) is 6.07 Å². The summed E-state index contributed by atoms with van der Waals surface area (Å²) in [5.74, 6) is -1.69. The SMILES string of the molecule is C[C@@H]1[C@H](C(=O)O)CCCN1S(=O)(=O)c1cccc2nonc12. The molecule has 0 unspecified atom stereocenters. The lowest BCUT2D eigenvalue weighted by Gasteiger charge is -2.36. The van der Waals surface area contributed by atoms with E-state index >= 15 is 0 Å². The van der Waals surface area contributed by atoms with E-state index in [1.165, 1.54) is 10.4 Å². The van der Waals surface area contributed by atoms with Gasteiger partial charge in [0.05, 0.1) is 5.92 Å². The quantitative estimate of drug-likeness (QED) is 0.898. The number of carboxylic acid groups (broad SMARTS) is 1. The first kappa shape index (κ1) is 14.9. The summed E-state index contributed by atoms with van der Waals surface area (Å²) in [5.41, 5.74) is 0.507. The first-order chi connectivity index (χ1) is 10.4. The number of benzene rings is 1. The standard InChI is InChI=1S/C13H15N3O5S/c1-8-9(13(17)18)4-3-7-16(8)22(19,20)11-6-2-5-10-12(11)15-21-14-10/h2,5-6,8-9H,3-4,7H2,1H3,(H,17,18)/t8-,9-/m1/s1. The molecular weight excluding hydrogens is 310 g/mol. The normalized spacial score (nSPS) is 23.7. The predicted molar refractivity (Wildman–Crippen MR) is 75.5 cm³/mol. The lowest BCUT2D eigenvalue weighted by atomic mass is 9.92. The molecular formula is C13H15N3O5S. The van der Waals surface area contributed by atoms with Crippen molar-refractivity contribution in [1.82, 2.24) is 14.6 Å². The Labute approximate surface area is 126 Å². The molecule has 0 radical (unpaired) electrons. The number of sulfonamides is 1. The number of rotatable bonds is 3. The van der Waals surface area contributed by atoms with Gasteiger partial charge < -0.3 is 5.11 Å². The Hall–Kier alpha value is -2.00. The molecule has 1 aliphatic rings. The van der Waals surface area contributed by atoms with Crippen LogP contribution in [0, 0.1) is 5.92 Å². The highest BCUT2D eigenvalue weighted by Crippen LogP contribution is 2.31. The van der Waals surface area contributed by atoms with Gasteiger partial charge in [0.15, 0.2) is 5.52 Å². The zero-order chi connectivity index (χ0) is 15.9. The average Bonchev–Trinajstić information content (AvgIpc) is 2.94. The second-order valence-electron chi connectivity index (χ2n) is 5.33. The summed E-state index contributed by atoms with van der Waals surface area (Å²) in [6, 6.07) is 3.97. The summed E-state index contributed by atoms with van der Waals surface area (Å²) in [6.45, 7) is 1.91. The lowest BCUT2D eigenvalue weighted by molar-refractivity contribution is -0.144. The number of aliphatic carboxylic acids is 1. The minimum Gasteiger partial charge on any atom is -0.481 e. The monoisotopic (exact) mass is 325 g/mol. The molecule has 0 saturated carbocycles. The van der Waals surface area contributed by atoms with Gasteiger partial charge in [0, 0.05) is 12.6 Å². The van der Waals surface area contributed by atoms with Crippen LogP contribution in [0.3, 0.4) is 0 Å². The van der Waals surface area contributed by atoms with Crippen LogP contribution in [0.2, 0.25) is 0 Å². The summed E-state index contributed by atoms with van der Waals surface area (Å²) in [4.78, 5) is 11.3. The maximum atomic E-state index is 12.9. The van der Waals surface area contributed by atoms with E-state index in [-0.39, 0.29) is 17.0 Å². The van der Waals surface area contributed by atoms with E-state index in [1.807, 2.05) is 0 Å². The van der Waals surface area contributed by atoms with E-state index in [2.05, 4.69) is 14.9 Å². The number of nitrogens with zero attached hydrogens (tertiary/aromatic N) is 3. The second kappa shape index (κ2) is 5.33. The van der Waals surface area contributed by atoms with Crippen LogP contribution in [0.5, 0.6) is 0 Å². The molecule has 2 aromatic rings. The van der Waals surface area contributed by atoms with Gasteiger partial charge in [-0.3, -0.25) is 4.79 Å². The minimum absolute atomic E-state index is 0.0101. The van der Waals surface area contributed by atoms with Crippen molar-refractivity contribution in [3.8, 4) is 0 Å². The number of hydrogen-bond acceptors (Lipinski definition) is 6. The van der Waals surface area contributed by atoms with E-state index in [0.717, 1.165) is 0 Å². The van der Waals surface area contributed by atoms with Crippen LogP contribution in [0.1, 0.15) is 19.8 Å². The first-order valence-corrected chi connectivity index (χ1v) is 8.33. The maximum absolute atomic E-state index is 12.9. The van der Waals surface area contributed by atoms with Gasteiger partial charge in [-0.15, -0.1) is 0 Å². The molecule has 2 atom stereocenters. The highest BCUT2D eigenvalue weighted by molar-refractivity contribution is 7.89. The van der Waals surface area contributed by atoms with Gasteiger partial charge in [-0.2, -0.15) is 4.31 Å². The molecule has 1 fully saturated rings. The first-order valence-electron chi connectivity index (χ1n) is 6.89. The van der Waals surface area contributed by atoms with E-state index in [1.54, 1.807) is 19.1 Å². The predicted octanol–water partition coefficient (Wildman–Crippen LogP) is 1.10. The zero-order valence-electron chi connectivity index (χ0n) is 11.8. The maximum Gasteiger partial charge on any atom is 0.308 e. The Morgan fingerprint density at radius 1 is 1.41 bits per heavy atom. The Balaban J connectivity index is 2.06. The van der Waals surface area contributed by atoms with Gasteiger partial charge >= 0.3 is 5.97 Å². The van der Waals surface area contributed by atoms with Crippen molar-refractivity contribution in [2.24, 2.45) is 5.92 Å². The molecule has 1 N–H and O–H groups in total. The van der Waals surface area contributed by atoms with Crippen LogP contribution >= 0.6 is 0 Å². The van der Waals surface area contributed by atoms with Crippen molar-refractivity contribution in [2.75, 3.05) is 6.54 Å². The molecule has 0 aliphatic carbocycles. The smallest absolute Gasteiger partial charge is 0.308 e. The lowest BCUT2D eigenvalue weighted by Crippen LogP contribution is -2.49. The number of fused-ring (bicyclic) bond motifs is 1. The third-order valence-electron chi connectivity index (χ3n) is 4.08. The molecule has 0 bridgehead atoms. The third kappa shape index (κ3) is 2.26. The molecule has 3 rings (SSSR count). The highest BCUT2D eigenvalue weighted by Gasteiger charge is 2.40. The van der Waals surface area contributed by atoms with Gasteiger partial charge in [0.2, 0.25) is 10.0 Å². The number of hydrogen-bond donors (Lipinski definition) is 1. The molecule has 1 aliphatic heterocycles. The fourth-order valence-corrected chi connectivity index (χ4v) is 4.74. The highest BCUT2D eigenvalue weighted by atomic mass is 32.2. The minimum atomic E-state index is -3.87. The third-order valence-corrected chi connectivity index (χ3v) is 6.10. The molecule has 22 heavy (non-hydrogen) atoms. The van der Waals surface area contributed by atoms with Crippen molar-refractivity contribution in [1.29, 1.82) is 0 Å². The van der Waals surface area contributed by atoms with Crippen LogP contribution in [-0.2, 0) is 14.8 Å². The summed E-state index contributed by atoms with van der Waals surface area (Å²) >= 11 is 0. The van der Waals surface area contributed by atoms with Crippen LogP contribution in [-0.4, -0.2) is 46.7 Å². The van der Waals surface area contributed by atoms with E-state index in [0.29, 0.717) is 18.4 Å². The van der Waals surface area contributed by atoms with Crippen molar-refractivity contribution >= 4 is 27.0 Å². The molecule has 8 nitrogen and oxygen atoms in total. The van der Waals surface area contributed by atoms with Crippen molar-refractivity contribution in [3.63, 3.8) is 0 Å². The Bertz CT molecular complexity index is 816. The van der Waals surface area contributed by atoms with Crippen molar-refractivity contribution in [2.45, 2.75) is 30.7 Å². The number of aromatic nitrogens is 2. The number of piperidine rings is 1. The fraction of sp³-hybridized carbons (Fsp3) is 0.462. The van der Waals surface area contributed by atoms with Crippen LogP contribution < -0.4 is 0 Å². The van der Waals surface area contributed by atoms with Gasteiger partial charge in [-0.25, -0.2) is 13.0 Å². The molecule has 1 saturated heterocycles. The van der Waals surface area contributed by atoms with Crippen LogP contribution in [0.4, 0.5) is 0 Å². The van der Waals surface area contributed by atoms with E-state index in [4.69, 9.17) is 0 Å². The zero-order valence-corrected chi connectivity index (χ0v) is 12.7. The largest absolute Gasteiger partial charge is 0.481 e. The summed E-state index contributed by atoms with van der Waals surface area (Å²) < 4.78 is 31.6. The van der Waals surface area contributed by atoms with Crippen LogP contribution in [0.25, 0.3) is 11.0 Å². The summed E-state index contributed by atoms with van der Waals surface area (Å²) in [7, 11) is -3.87. The van der Waals surface area contributed by atoms with E-state index < -0.39 is 28.0 Å². The molecule has 118 valence electrons. The fourth-order valence-electron chi connectivity index (χ4n) is 2.90. The number of carboxylic acids is 1. The van der Waals surface area contributed by atoms with E-state index in [9.17, 15) is 18.3 Å². The molecule has 1 aromatic heterocycles.